The van der Waals surface area contributed by atoms with Crippen LogP contribution in [-0.2, 0) is 9.53 Å². The number of hydrogen-bond acceptors (Lipinski definition) is 4. The topological polar surface area (TPSA) is 93.5 Å². The van der Waals surface area contributed by atoms with Crippen molar-refractivity contribution >= 4 is 17.5 Å². The summed E-state index contributed by atoms with van der Waals surface area (Å²) in [5.41, 5.74) is 4.59. The smallest absolute Gasteiger partial charge is 0.254 e. The van der Waals surface area contributed by atoms with Gasteiger partial charge in [-0.2, -0.15) is 0 Å². The predicted molar refractivity (Wildman–Crippen MR) is 72.6 cm³/mol. The number of nitrogen functional groups attached to an aromatic ring is 1. The summed E-state index contributed by atoms with van der Waals surface area (Å²) in [7, 11) is 1.51. The number of carbonyl (C=O) groups excluding carboxylic acids is 2. The molecule has 0 unspecified atom stereocenters. The number of carbonyl (C=O) groups is 2. The maximum Gasteiger partial charge on any atom is 0.254 e. The Kier molecular flexibility index (Phi) is 6.54. The minimum atomic E-state index is -1.01. The average molecular weight is 301 g/mol. The molecule has 8 heteroatoms. The summed E-state index contributed by atoms with van der Waals surface area (Å²) in [6, 6.07) is 1.46. The number of benzene rings is 1. The molecule has 116 valence electrons. The van der Waals surface area contributed by atoms with Gasteiger partial charge >= 0.3 is 0 Å². The summed E-state index contributed by atoms with van der Waals surface area (Å²) in [5, 5.41) is 4.92. The molecule has 21 heavy (non-hydrogen) atoms. The molecule has 0 bridgehead atoms. The summed E-state index contributed by atoms with van der Waals surface area (Å²) < 4.78 is 31.1. The van der Waals surface area contributed by atoms with E-state index in [4.69, 9.17) is 10.5 Å². The molecule has 2 amide bonds. The molecule has 0 fully saturated rings. The van der Waals surface area contributed by atoms with Crippen molar-refractivity contribution in [2.45, 2.75) is 6.42 Å². The molecule has 0 spiro atoms. The largest absolute Gasteiger partial charge is 0.396 e. The van der Waals surface area contributed by atoms with E-state index in [1.54, 1.807) is 0 Å². The first kappa shape index (κ1) is 16.8. The third kappa shape index (κ3) is 5.35. The molecular formula is C13H17F2N3O3. The van der Waals surface area contributed by atoms with Crippen molar-refractivity contribution in [1.82, 2.24) is 10.6 Å². The second kappa shape index (κ2) is 8.15. The highest BCUT2D eigenvalue weighted by Crippen LogP contribution is 2.16. The van der Waals surface area contributed by atoms with Crippen molar-refractivity contribution in [2.75, 3.05) is 32.5 Å². The van der Waals surface area contributed by atoms with Crippen LogP contribution in [0.2, 0.25) is 0 Å². The molecule has 6 nitrogen and oxygen atoms in total. The van der Waals surface area contributed by atoms with Gasteiger partial charge in [-0.1, -0.05) is 0 Å². The van der Waals surface area contributed by atoms with E-state index in [0.717, 1.165) is 6.07 Å². The lowest BCUT2D eigenvalue weighted by Crippen LogP contribution is -2.32. The van der Waals surface area contributed by atoms with Crippen molar-refractivity contribution in [3.8, 4) is 0 Å². The van der Waals surface area contributed by atoms with E-state index in [-0.39, 0.29) is 30.1 Å². The van der Waals surface area contributed by atoms with Crippen LogP contribution in [0.1, 0.15) is 16.8 Å². The molecule has 0 aromatic heterocycles. The number of amides is 2. The molecule has 1 rings (SSSR count). The van der Waals surface area contributed by atoms with Crippen LogP contribution < -0.4 is 16.4 Å². The monoisotopic (exact) mass is 301 g/mol. The second-order valence-electron chi connectivity index (χ2n) is 4.20. The number of nitrogens with one attached hydrogen (secondary N) is 2. The van der Waals surface area contributed by atoms with Crippen LogP contribution in [0.25, 0.3) is 0 Å². The Morgan fingerprint density at radius 2 is 1.90 bits per heavy atom. The van der Waals surface area contributed by atoms with Crippen molar-refractivity contribution in [3.05, 3.63) is 29.3 Å². The summed E-state index contributed by atoms with van der Waals surface area (Å²) >= 11 is 0. The lowest BCUT2D eigenvalue weighted by atomic mass is 10.1. The minimum Gasteiger partial charge on any atom is -0.396 e. The van der Waals surface area contributed by atoms with Crippen molar-refractivity contribution in [2.24, 2.45) is 0 Å². The average Bonchev–Trinajstić information content (AvgIpc) is 2.43. The van der Waals surface area contributed by atoms with Gasteiger partial charge in [-0.05, 0) is 6.07 Å². The molecule has 0 aliphatic carbocycles. The van der Waals surface area contributed by atoms with E-state index in [2.05, 4.69) is 10.6 Å². The van der Waals surface area contributed by atoms with E-state index in [1.807, 2.05) is 0 Å². The van der Waals surface area contributed by atoms with Gasteiger partial charge in [0.25, 0.3) is 5.91 Å². The number of ether oxygens (including phenoxy) is 1. The summed E-state index contributed by atoms with van der Waals surface area (Å²) in [5.74, 6) is -2.97. The van der Waals surface area contributed by atoms with Gasteiger partial charge in [-0.25, -0.2) is 8.78 Å². The van der Waals surface area contributed by atoms with Gasteiger partial charge in [0.05, 0.1) is 17.9 Å². The Bertz CT molecular complexity index is 524. The van der Waals surface area contributed by atoms with E-state index in [0.29, 0.717) is 19.2 Å². The normalized spacial score (nSPS) is 10.2. The Morgan fingerprint density at radius 3 is 2.57 bits per heavy atom. The van der Waals surface area contributed by atoms with Crippen LogP contribution in [0.15, 0.2) is 12.1 Å². The molecule has 1 aromatic carbocycles. The number of hydrogen-bond donors (Lipinski definition) is 3. The summed E-state index contributed by atoms with van der Waals surface area (Å²) in [6.07, 6.45) is 0.0355. The zero-order valence-corrected chi connectivity index (χ0v) is 11.5. The van der Waals surface area contributed by atoms with Gasteiger partial charge in [0.15, 0.2) is 0 Å². The first-order chi connectivity index (χ1) is 9.95. The van der Waals surface area contributed by atoms with Crippen LogP contribution in [0.3, 0.4) is 0 Å². The zero-order valence-electron chi connectivity index (χ0n) is 11.5. The molecule has 1 aromatic rings. The van der Waals surface area contributed by atoms with Gasteiger partial charge in [0, 0.05) is 32.7 Å². The minimum absolute atomic E-state index is 0.0222. The lowest BCUT2D eigenvalue weighted by molar-refractivity contribution is -0.121. The molecule has 4 N–H and O–H groups in total. The van der Waals surface area contributed by atoms with Crippen LogP contribution in [-0.4, -0.2) is 38.6 Å². The first-order valence-electron chi connectivity index (χ1n) is 6.24. The third-order valence-electron chi connectivity index (χ3n) is 2.60. The first-order valence-corrected chi connectivity index (χ1v) is 6.24. The number of anilines is 1. The summed E-state index contributed by atoms with van der Waals surface area (Å²) in [6.45, 7) is 0.777. The molecule has 0 radical (unpaired) electrons. The van der Waals surface area contributed by atoms with Gasteiger partial charge in [-0.15, -0.1) is 0 Å². The number of halogens is 2. The van der Waals surface area contributed by atoms with Crippen molar-refractivity contribution in [1.29, 1.82) is 0 Å². The highest BCUT2D eigenvalue weighted by molar-refractivity contribution is 5.95. The lowest BCUT2D eigenvalue weighted by Gasteiger charge is -2.08. The highest BCUT2D eigenvalue weighted by atomic mass is 19.1. The van der Waals surface area contributed by atoms with Crippen molar-refractivity contribution < 1.29 is 23.1 Å². The predicted octanol–water partition coefficient (Wildman–Crippen LogP) is 0.429. The van der Waals surface area contributed by atoms with E-state index < -0.39 is 17.5 Å². The molecule has 0 aliphatic rings. The van der Waals surface area contributed by atoms with Crippen LogP contribution in [0.4, 0.5) is 14.5 Å². The van der Waals surface area contributed by atoms with E-state index in [9.17, 15) is 18.4 Å². The standard InChI is InChI=1S/C13H17F2N3O3/c1-21-5-4-17-12(19)2-3-18-13(20)8-6-11(16)10(15)7-9(8)14/h6-7H,2-5,16H2,1H3,(H,17,19)(H,18,20). The van der Waals surface area contributed by atoms with Gasteiger partial charge in [0.2, 0.25) is 5.91 Å². The van der Waals surface area contributed by atoms with Gasteiger partial charge < -0.3 is 21.1 Å². The van der Waals surface area contributed by atoms with Crippen LogP contribution in [0.5, 0.6) is 0 Å². The highest BCUT2D eigenvalue weighted by Gasteiger charge is 2.14. The number of rotatable bonds is 7. The molecular weight excluding hydrogens is 284 g/mol. The fraction of sp³-hybridized carbons (Fsp3) is 0.385. The van der Waals surface area contributed by atoms with Gasteiger partial charge in [-0.3, -0.25) is 9.59 Å². The quantitative estimate of drug-likeness (QED) is 0.503. The molecule has 0 saturated carbocycles. The van der Waals surface area contributed by atoms with Crippen LogP contribution in [0, 0.1) is 11.6 Å². The fourth-order valence-electron chi connectivity index (χ4n) is 1.51. The third-order valence-corrected chi connectivity index (χ3v) is 2.60. The van der Waals surface area contributed by atoms with E-state index >= 15 is 0 Å². The Balaban J connectivity index is 2.44. The SMILES string of the molecule is COCCNC(=O)CCNC(=O)c1cc(N)c(F)cc1F. The maximum atomic E-state index is 13.4. The molecule has 0 atom stereocenters. The molecule has 0 heterocycles. The maximum absolute atomic E-state index is 13.4. The zero-order chi connectivity index (χ0) is 15.8. The Labute approximate surface area is 120 Å². The Morgan fingerprint density at radius 1 is 1.19 bits per heavy atom. The fourth-order valence-corrected chi connectivity index (χ4v) is 1.51. The van der Waals surface area contributed by atoms with E-state index in [1.165, 1.54) is 7.11 Å². The molecule has 0 aliphatic heterocycles. The number of nitrogens with two attached hydrogens (primary N) is 1. The number of methoxy groups -OCH3 is 1. The molecule has 0 saturated heterocycles. The van der Waals surface area contributed by atoms with Crippen LogP contribution >= 0.6 is 0 Å². The second-order valence-corrected chi connectivity index (χ2v) is 4.20. The van der Waals surface area contributed by atoms with Gasteiger partial charge in [0.1, 0.15) is 11.6 Å². The summed E-state index contributed by atoms with van der Waals surface area (Å²) in [4.78, 5) is 23.0. The Hall–Kier alpha value is -2.22. The van der Waals surface area contributed by atoms with Crippen molar-refractivity contribution in [3.63, 3.8) is 0 Å².